The number of aliphatic hydroxyl groups is 1. The van der Waals surface area contributed by atoms with E-state index in [0.717, 1.165) is 23.4 Å². The molecule has 2 aromatic carbocycles. The lowest BCUT2D eigenvalue weighted by Crippen LogP contribution is -2.49. The molecule has 1 unspecified atom stereocenters. The number of aliphatic hydroxyl groups excluding tert-OH is 1. The van der Waals surface area contributed by atoms with Crippen LogP contribution in [-0.2, 0) is 30.5 Å². The Morgan fingerprint density at radius 3 is 2.21 bits per heavy atom. The van der Waals surface area contributed by atoms with Crippen molar-refractivity contribution in [1.29, 1.82) is 10.5 Å². The van der Waals surface area contributed by atoms with Crippen molar-refractivity contribution in [3.8, 4) is 23.4 Å². The number of fused-ring (bicyclic) bond motifs is 1. The Balaban J connectivity index is 1.30. The number of carbonyl (C=O) groups is 1. The normalized spacial score (nSPS) is 16.5. The highest BCUT2D eigenvalue weighted by atomic mass is 19.4. The maximum atomic E-state index is 13.1. The molecule has 2 aliphatic rings. The fourth-order valence-electron chi connectivity index (χ4n) is 5.73. The third-order valence-corrected chi connectivity index (χ3v) is 7.88. The SMILES string of the molecule is CC(=O)N1CCc2c(c(-c3ccc(C(F)(F)F)cc3)nn2CC(O)CN2CCN(c3c(C#N)cccc3C#N)CC2)C1. The van der Waals surface area contributed by atoms with Gasteiger partial charge in [0.25, 0.3) is 0 Å². The minimum absolute atomic E-state index is 0.0924. The highest BCUT2D eigenvalue weighted by Gasteiger charge is 2.32. The number of anilines is 1. The zero-order valence-electron chi connectivity index (χ0n) is 23.1. The van der Waals surface area contributed by atoms with E-state index in [1.807, 2.05) is 4.90 Å². The Labute approximate surface area is 241 Å². The monoisotopic (exact) mass is 577 g/mol. The second-order valence-electron chi connectivity index (χ2n) is 10.6. The molecule has 0 saturated carbocycles. The largest absolute Gasteiger partial charge is 0.416 e. The molecule has 1 saturated heterocycles. The van der Waals surface area contributed by atoms with Crippen molar-refractivity contribution in [1.82, 2.24) is 19.6 Å². The number of rotatable bonds is 6. The van der Waals surface area contributed by atoms with Crippen LogP contribution >= 0.6 is 0 Å². The van der Waals surface area contributed by atoms with Crippen LogP contribution in [0, 0.1) is 22.7 Å². The number of carbonyl (C=O) groups excluding carboxylic acids is 1. The van der Waals surface area contributed by atoms with Gasteiger partial charge in [0.2, 0.25) is 5.91 Å². The summed E-state index contributed by atoms with van der Waals surface area (Å²) in [5.74, 6) is -0.0924. The van der Waals surface area contributed by atoms with Crippen molar-refractivity contribution in [2.24, 2.45) is 0 Å². The van der Waals surface area contributed by atoms with E-state index in [0.29, 0.717) is 80.3 Å². The van der Waals surface area contributed by atoms with Gasteiger partial charge < -0.3 is 14.9 Å². The number of amides is 1. The fourth-order valence-corrected chi connectivity index (χ4v) is 5.73. The number of hydrogen-bond donors (Lipinski definition) is 1. The Morgan fingerprint density at radius 1 is 1.00 bits per heavy atom. The predicted octanol–water partition coefficient (Wildman–Crippen LogP) is 3.40. The van der Waals surface area contributed by atoms with Crippen LogP contribution in [0.25, 0.3) is 11.3 Å². The summed E-state index contributed by atoms with van der Waals surface area (Å²) in [7, 11) is 0. The summed E-state index contributed by atoms with van der Waals surface area (Å²) in [6.07, 6.45) is -4.70. The van der Waals surface area contributed by atoms with Crippen LogP contribution in [0.3, 0.4) is 0 Å². The van der Waals surface area contributed by atoms with Crippen LogP contribution in [0.1, 0.15) is 34.9 Å². The molecule has 0 aliphatic carbocycles. The molecule has 1 fully saturated rings. The highest BCUT2D eigenvalue weighted by molar-refractivity contribution is 5.75. The summed E-state index contributed by atoms with van der Waals surface area (Å²) in [5, 5.41) is 34.8. The first-order valence-corrected chi connectivity index (χ1v) is 13.7. The van der Waals surface area contributed by atoms with Gasteiger partial charge in [-0.1, -0.05) is 18.2 Å². The number of aromatic nitrogens is 2. The van der Waals surface area contributed by atoms with Gasteiger partial charge >= 0.3 is 6.18 Å². The smallest absolute Gasteiger partial charge is 0.390 e. The van der Waals surface area contributed by atoms with Gasteiger partial charge in [-0.3, -0.25) is 14.4 Å². The van der Waals surface area contributed by atoms with Gasteiger partial charge in [0.05, 0.1) is 40.7 Å². The minimum Gasteiger partial charge on any atom is -0.390 e. The number of alkyl halides is 3. The summed E-state index contributed by atoms with van der Waals surface area (Å²) in [6, 6.07) is 14.3. The molecule has 5 rings (SSSR count). The van der Waals surface area contributed by atoms with Gasteiger partial charge in [-0.05, 0) is 24.3 Å². The van der Waals surface area contributed by atoms with Crippen molar-refractivity contribution in [3.63, 3.8) is 0 Å². The minimum atomic E-state index is -4.45. The summed E-state index contributed by atoms with van der Waals surface area (Å²) in [4.78, 5) is 17.9. The van der Waals surface area contributed by atoms with Gasteiger partial charge in [0.15, 0.2) is 0 Å². The van der Waals surface area contributed by atoms with Crippen LogP contribution < -0.4 is 4.90 Å². The van der Waals surface area contributed by atoms with Crippen molar-refractivity contribution >= 4 is 11.6 Å². The molecule has 2 aliphatic heterocycles. The number of piperazine rings is 1. The first-order chi connectivity index (χ1) is 20.1. The second kappa shape index (κ2) is 11.8. The number of nitriles is 2. The molecule has 0 bridgehead atoms. The molecule has 218 valence electrons. The van der Waals surface area contributed by atoms with Crippen LogP contribution in [0.4, 0.5) is 18.9 Å². The van der Waals surface area contributed by atoms with Crippen LogP contribution in [-0.4, -0.2) is 76.0 Å². The molecule has 3 aromatic rings. The molecule has 3 heterocycles. The predicted molar refractivity (Wildman–Crippen MR) is 148 cm³/mol. The molecule has 1 aromatic heterocycles. The van der Waals surface area contributed by atoms with Crippen molar-refractivity contribution in [2.45, 2.75) is 38.7 Å². The first kappa shape index (κ1) is 29.1. The van der Waals surface area contributed by atoms with Crippen LogP contribution in [0.2, 0.25) is 0 Å². The van der Waals surface area contributed by atoms with Gasteiger partial charge in [-0.15, -0.1) is 0 Å². The number of hydrogen-bond acceptors (Lipinski definition) is 7. The van der Waals surface area contributed by atoms with E-state index in [2.05, 4.69) is 17.0 Å². The summed E-state index contributed by atoms with van der Waals surface area (Å²) >= 11 is 0. The molecular weight excluding hydrogens is 547 g/mol. The Morgan fingerprint density at radius 2 is 1.64 bits per heavy atom. The zero-order chi connectivity index (χ0) is 30.0. The fraction of sp³-hybridized carbons (Fsp3) is 0.400. The van der Waals surface area contributed by atoms with Crippen LogP contribution in [0.15, 0.2) is 42.5 Å². The Hall–Kier alpha value is -4.39. The highest BCUT2D eigenvalue weighted by Crippen LogP contribution is 2.34. The maximum absolute atomic E-state index is 13.1. The van der Waals surface area contributed by atoms with E-state index in [9.17, 15) is 33.6 Å². The first-order valence-electron chi connectivity index (χ1n) is 13.7. The molecule has 1 atom stereocenters. The van der Waals surface area contributed by atoms with E-state index in [-0.39, 0.29) is 12.5 Å². The van der Waals surface area contributed by atoms with Gasteiger partial charge in [-0.2, -0.15) is 28.8 Å². The third-order valence-electron chi connectivity index (χ3n) is 7.88. The van der Waals surface area contributed by atoms with Crippen LogP contribution in [0.5, 0.6) is 0 Å². The molecular formula is C30H30F3N7O2. The van der Waals surface area contributed by atoms with Gasteiger partial charge in [0.1, 0.15) is 12.1 Å². The van der Waals surface area contributed by atoms with E-state index in [1.165, 1.54) is 19.1 Å². The molecule has 1 N–H and O–H groups in total. The summed E-state index contributed by atoms with van der Waals surface area (Å²) < 4.78 is 41.1. The van der Waals surface area contributed by atoms with Crippen molar-refractivity contribution in [3.05, 3.63) is 70.4 Å². The van der Waals surface area contributed by atoms with E-state index in [4.69, 9.17) is 5.10 Å². The number of β-amino-alcohol motifs (C(OH)–C–C–N with tert-alkyl or cyclic N) is 1. The average molecular weight is 578 g/mol. The number of benzene rings is 2. The number of nitrogens with zero attached hydrogens (tertiary/aromatic N) is 7. The van der Waals surface area contributed by atoms with Gasteiger partial charge in [0, 0.05) is 76.0 Å². The Bertz CT molecular complexity index is 1510. The van der Waals surface area contributed by atoms with Gasteiger partial charge in [-0.25, -0.2) is 0 Å². The lowest BCUT2D eigenvalue weighted by molar-refractivity contribution is -0.137. The Kier molecular flexibility index (Phi) is 8.21. The van der Waals surface area contributed by atoms with E-state index in [1.54, 1.807) is 27.8 Å². The average Bonchev–Trinajstić information content (AvgIpc) is 3.34. The quantitative estimate of drug-likeness (QED) is 0.478. The lowest BCUT2D eigenvalue weighted by Gasteiger charge is -2.37. The molecule has 0 radical (unpaired) electrons. The van der Waals surface area contributed by atoms with Crippen molar-refractivity contribution < 1.29 is 23.1 Å². The lowest BCUT2D eigenvalue weighted by atomic mass is 10.00. The third kappa shape index (κ3) is 5.96. The maximum Gasteiger partial charge on any atom is 0.416 e. The molecule has 0 spiro atoms. The standard InChI is InChI=1S/C30H30F3N7O2/c1-20(41)39-10-9-27-26(19-39)28(21-5-7-24(8-6-21)30(31,32)33)36-40(27)18-25(42)17-37-11-13-38(14-12-37)29-22(15-34)3-2-4-23(29)16-35/h2-8,25,42H,9-14,17-19H2,1H3. The summed E-state index contributed by atoms with van der Waals surface area (Å²) in [5.41, 5.74) is 3.47. The topological polar surface area (TPSA) is 112 Å². The second-order valence-corrected chi connectivity index (χ2v) is 10.6. The molecule has 9 nitrogen and oxygen atoms in total. The summed E-state index contributed by atoms with van der Waals surface area (Å²) in [6.45, 7) is 5.29. The van der Waals surface area contributed by atoms with Crippen molar-refractivity contribution in [2.75, 3.05) is 44.2 Å². The number of halogens is 3. The zero-order valence-corrected chi connectivity index (χ0v) is 23.1. The molecule has 1 amide bonds. The number of para-hydroxylation sites is 1. The molecule has 42 heavy (non-hydrogen) atoms. The van der Waals surface area contributed by atoms with E-state index >= 15 is 0 Å². The van der Waals surface area contributed by atoms with E-state index < -0.39 is 17.8 Å². The molecule has 12 heteroatoms.